The Morgan fingerprint density at radius 2 is 1.87 bits per heavy atom. The van der Waals surface area contributed by atoms with Crippen molar-refractivity contribution in [3.8, 4) is 0 Å². The molecule has 4 nitrogen and oxygen atoms in total. The van der Waals surface area contributed by atoms with Crippen LogP contribution in [0.15, 0.2) is 24.3 Å². The summed E-state index contributed by atoms with van der Waals surface area (Å²) in [4.78, 5) is 11.7. The van der Waals surface area contributed by atoms with E-state index in [-0.39, 0.29) is 0 Å². The molecule has 2 N–H and O–H groups in total. The number of nitrogens with one attached hydrogen (secondary N) is 2. The van der Waals surface area contributed by atoms with Gasteiger partial charge in [-0.15, -0.1) is 0 Å². The number of carbonyl (C=O) groups is 1. The Bertz CT molecular complexity index is 463. The SMILES string of the molecule is CCCC(C)CNCCc1ccc(NC(=O)OC(C)(C)C)cc1. The molecule has 0 saturated heterocycles. The van der Waals surface area contributed by atoms with Gasteiger partial charge in [-0.1, -0.05) is 32.4 Å². The molecule has 0 heterocycles. The van der Waals surface area contributed by atoms with E-state index < -0.39 is 11.7 Å². The summed E-state index contributed by atoms with van der Waals surface area (Å²) in [6.07, 6.45) is 3.09. The molecular weight excluding hydrogens is 288 g/mol. The fourth-order valence-corrected chi connectivity index (χ4v) is 2.35. The molecule has 0 aliphatic heterocycles. The van der Waals surface area contributed by atoms with Crippen LogP contribution in [0.5, 0.6) is 0 Å². The van der Waals surface area contributed by atoms with E-state index in [1.165, 1.54) is 18.4 Å². The first kappa shape index (κ1) is 19.5. The summed E-state index contributed by atoms with van der Waals surface area (Å²) in [5.74, 6) is 0.736. The van der Waals surface area contributed by atoms with Gasteiger partial charge >= 0.3 is 6.09 Å². The standard InChI is InChI=1S/C19H32N2O2/c1-6-7-15(2)14-20-13-12-16-8-10-17(11-9-16)21-18(22)23-19(3,4)5/h8-11,15,20H,6-7,12-14H2,1-5H3,(H,21,22). The fraction of sp³-hybridized carbons (Fsp3) is 0.632. The second-order valence-corrected chi connectivity index (χ2v) is 7.17. The first-order valence-electron chi connectivity index (χ1n) is 8.60. The second-order valence-electron chi connectivity index (χ2n) is 7.17. The van der Waals surface area contributed by atoms with Gasteiger partial charge in [0.15, 0.2) is 0 Å². The van der Waals surface area contributed by atoms with Crippen LogP contribution < -0.4 is 10.6 Å². The average molecular weight is 320 g/mol. The molecule has 0 aliphatic rings. The number of carbonyl (C=O) groups excluding carboxylic acids is 1. The van der Waals surface area contributed by atoms with Crippen LogP contribution >= 0.6 is 0 Å². The molecule has 23 heavy (non-hydrogen) atoms. The third kappa shape index (κ3) is 9.24. The van der Waals surface area contributed by atoms with E-state index in [4.69, 9.17) is 4.74 Å². The molecular formula is C19H32N2O2. The van der Waals surface area contributed by atoms with Crippen LogP contribution in [0.2, 0.25) is 0 Å². The lowest BCUT2D eigenvalue weighted by Gasteiger charge is -2.19. The van der Waals surface area contributed by atoms with Gasteiger partial charge in [0.2, 0.25) is 0 Å². The molecule has 1 rings (SSSR count). The van der Waals surface area contributed by atoms with Gasteiger partial charge in [0.05, 0.1) is 0 Å². The van der Waals surface area contributed by atoms with Crippen molar-refractivity contribution in [3.63, 3.8) is 0 Å². The third-order valence-corrected chi connectivity index (χ3v) is 3.46. The van der Waals surface area contributed by atoms with E-state index >= 15 is 0 Å². The van der Waals surface area contributed by atoms with Crippen LogP contribution in [0.25, 0.3) is 0 Å². The molecule has 1 unspecified atom stereocenters. The average Bonchev–Trinajstić information content (AvgIpc) is 2.43. The van der Waals surface area contributed by atoms with Crippen LogP contribution in [-0.2, 0) is 11.2 Å². The smallest absolute Gasteiger partial charge is 0.412 e. The van der Waals surface area contributed by atoms with Crippen LogP contribution in [0, 0.1) is 5.92 Å². The van der Waals surface area contributed by atoms with Crippen molar-refractivity contribution in [2.75, 3.05) is 18.4 Å². The van der Waals surface area contributed by atoms with Crippen LogP contribution in [0.3, 0.4) is 0 Å². The highest BCUT2D eigenvalue weighted by Gasteiger charge is 2.15. The number of ether oxygens (including phenoxy) is 1. The van der Waals surface area contributed by atoms with Gasteiger partial charge in [0.1, 0.15) is 5.60 Å². The van der Waals surface area contributed by atoms with E-state index in [1.807, 2.05) is 45.0 Å². The van der Waals surface area contributed by atoms with Crippen LogP contribution in [-0.4, -0.2) is 24.8 Å². The Labute approximate surface area is 141 Å². The maximum atomic E-state index is 11.7. The summed E-state index contributed by atoms with van der Waals surface area (Å²) in [6, 6.07) is 7.92. The Morgan fingerprint density at radius 1 is 1.22 bits per heavy atom. The van der Waals surface area contributed by atoms with Crippen molar-refractivity contribution in [2.24, 2.45) is 5.92 Å². The minimum atomic E-state index is -0.482. The largest absolute Gasteiger partial charge is 0.444 e. The van der Waals surface area contributed by atoms with Gasteiger partial charge < -0.3 is 10.1 Å². The Balaban J connectivity index is 2.32. The predicted molar refractivity (Wildman–Crippen MR) is 96.9 cm³/mol. The topological polar surface area (TPSA) is 50.4 Å². The number of rotatable bonds is 8. The van der Waals surface area contributed by atoms with E-state index in [0.717, 1.165) is 31.1 Å². The van der Waals surface area contributed by atoms with Crippen LogP contribution in [0.4, 0.5) is 10.5 Å². The zero-order valence-corrected chi connectivity index (χ0v) is 15.2. The molecule has 0 saturated carbocycles. The third-order valence-electron chi connectivity index (χ3n) is 3.46. The zero-order valence-electron chi connectivity index (χ0n) is 15.2. The lowest BCUT2D eigenvalue weighted by Crippen LogP contribution is -2.27. The van der Waals surface area contributed by atoms with Gasteiger partial charge in [-0.2, -0.15) is 0 Å². The Hall–Kier alpha value is -1.55. The van der Waals surface area contributed by atoms with Crippen molar-refractivity contribution in [2.45, 2.75) is 59.5 Å². The van der Waals surface area contributed by atoms with Crippen molar-refractivity contribution in [3.05, 3.63) is 29.8 Å². The number of amides is 1. The van der Waals surface area contributed by atoms with Gasteiger partial charge in [-0.3, -0.25) is 5.32 Å². The number of hydrogen-bond donors (Lipinski definition) is 2. The predicted octanol–water partition coefficient (Wildman–Crippen LogP) is 4.60. The molecule has 0 aliphatic carbocycles. The highest BCUT2D eigenvalue weighted by molar-refractivity contribution is 5.84. The quantitative estimate of drug-likeness (QED) is 0.688. The molecule has 0 aromatic heterocycles. The van der Waals surface area contributed by atoms with E-state index in [1.54, 1.807) is 0 Å². The highest BCUT2D eigenvalue weighted by Crippen LogP contribution is 2.13. The molecule has 4 heteroatoms. The minimum Gasteiger partial charge on any atom is -0.444 e. The molecule has 0 fully saturated rings. The summed E-state index contributed by atoms with van der Waals surface area (Å²) >= 11 is 0. The van der Waals surface area contributed by atoms with Gasteiger partial charge in [0.25, 0.3) is 0 Å². The van der Waals surface area contributed by atoms with Gasteiger partial charge in [0, 0.05) is 5.69 Å². The van der Waals surface area contributed by atoms with Crippen molar-refractivity contribution >= 4 is 11.8 Å². The van der Waals surface area contributed by atoms with Crippen LogP contribution in [0.1, 0.15) is 53.0 Å². The molecule has 1 aromatic rings. The van der Waals surface area contributed by atoms with Gasteiger partial charge in [-0.05, 0) is 70.3 Å². The van der Waals surface area contributed by atoms with E-state index in [2.05, 4.69) is 24.5 Å². The first-order chi connectivity index (χ1) is 10.8. The molecule has 0 bridgehead atoms. The maximum absolute atomic E-state index is 11.7. The van der Waals surface area contributed by atoms with E-state index in [9.17, 15) is 4.79 Å². The summed E-state index contributed by atoms with van der Waals surface area (Å²) in [5, 5.41) is 6.25. The monoisotopic (exact) mass is 320 g/mol. The fourth-order valence-electron chi connectivity index (χ4n) is 2.35. The minimum absolute atomic E-state index is 0.420. The normalized spacial score (nSPS) is 12.7. The van der Waals surface area contributed by atoms with E-state index in [0.29, 0.717) is 0 Å². The highest BCUT2D eigenvalue weighted by atomic mass is 16.6. The van der Waals surface area contributed by atoms with Crippen molar-refractivity contribution in [1.29, 1.82) is 0 Å². The lowest BCUT2D eigenvalue weighted by atomic mass is 10.1. The number of hydrogen-bond acceptors (Lipinski definition) is 3. The first-order valence-corrected chi connectivity index (χ1v) is 8.60. The molecule has 0 radical (unpaired) electrons. The molecule has 1 atom stereocenters. The van der Waals surface area contributed by atoms with Crippen molar-refractivity contribution in [1.82, 2.24) is 5.32 Å². The molecule has 0 spiro atoms. The molecule has 1 aromatic carbocycles. The molecule has 130 valence electrons. The Kier molecular flexibility index (Phi) is 8.10. The zero-order chi connectivity index (χ0) is 17.3. The van der Waals surface area contributed by atoms with Crippen molar-refractivity contribution < 1.29 is 9.53 Å². The summed E-state index contributed by atoms with van der Waals surface area (Å²) < 4.78 is 5.23. The summed E-state index contributed by atoms with van der Waals surface area (Å²) in [7, 11) is 0. The number of anilines is 1. The summed E-state index contributed by atoms with van der Waals surface area (Å²) in [6.45, 7) is 12.1. The maximum Gasteiger partial charge on any atom is 0.412 e. The lowest BCUT2D eigenvalue weighted by molar-refractivity contribution is 0.0636. The summed E-state index contributed by atoms with van der Waals surface area (Å²) in [5.41, 5.74) is 1.54. The number of benzene rings is 1. The Morgan fingerprint density at radius 3 is 2.43 bits per heavy atom. The second kappa shape index (κ2) is 9.56. The van der Waals surface area contributed by atoms with Gasteiger partial charge in [-0.25, -0.2) is 4.79 Å². The molecule has 1 amide bonds.